The maximum atomic E-state index is 14.0. The molecule has 2 aliphatic rings. The first kappa shape index (κ1) is 25.4. The van der Waals surface area contributed by atoms with Crippen molar-refractivity contribution in [2.45, 2.75) is 70.6 Å². The zero-order chi connectivity index (χ0) is 26.0. The molecule has 0 unspecified atom stereocenters. The monoisotopic (exact) mass is 487 g/mol. The van der Waals surface area contributed by atoms with E-state index in [1.807, 2.05) is 51.1 Å². The highest BCUT2D eigenvalue weighted by Gasteiger charge is 2.52. The fraction of sp³-hybridized carbons (Fsp3) is 0.448. The van der Waals surface area contributed by atoms with Crippen molar-refractivity contribution in [3.05, 3.63) is 59.4 Å². The van der Waals surface area contributed by atoms with E-state index in [0.717, 1.165) is 30.4 Å². The first-order valence-corrected chi connectivity index (χ1v) is 12.3. The van der Waals surface area contributed by atoms with Crippen LogP contribution in [-0.4, -0.2) is 34.5 Å². The number of nitriles is 2. The van der Waals surface area contributed by atoms with Gasteiger partial charge < -0.3 is 4.74 Å². The number of likely N-dealkylation sites (tertiary alicyclic amines) is 1. The molecule has 1 saturated carbocycles. The minimum atomic E-state index is -0.641. The van der Waals surface area contributed by atoms with Gasteiger partial charge in [-0.25, -0.2) is 9.18 Å². The number of ketones is 1. The van der Waals surface area contributed by atoms with Crippen LogP contribution in [0.15, 0.2) is 42.5 Å². The van der Waals surface area contributed by atoms with Crippen LogP contribution < -0.4 is 0 Å². The van der Waals surface area contributed by atoms with E-state index in [1.54, 1.807) is 11.0 Å². The third-order valence-electron chi connectivity index (χ3n) is 7.01. The highest BCUT2D eigenvalue weighted by molar-refractivity contribution is 5.89. The van der Waals surface area contributed by atoms with Crippen molar-refractivity contribution >= 4 is 11.9 Å². The van der Waals surface area contributed by atoms with Crippen molar-refractivity contribution in [3.8, 4) is 23.3 Å². The quantitative estimate of drug-likeness (QED) is 0.514. The van der Waals surface area contributed by atoms with Gasteiger partial charge in [-0.3, -0.25) is 9.69 Å². The Morgan fingerprint density at radius 2 is 1.81 bits per heavy atom. The lowest BCUT2D eigenvalue weighted by Crippen LogP contribution is -2.51. The summed E-state index contributed by atoms with van der Waals surface area (Å²) >= 11 is 0. The van der Waals surface area contributed by atoms with Crippen LogP contribution in [0.3, 0.4) is 0 Å². The number of benzene rings is 2. The number of Topliss-reactive ketones (excluding diaryl/α,β-unsaturated/α-hetero) is 1. The lowest BCUT2D eigenvalue weighted by Gasteiger charge is -2.35. The molecule has 1 aliphatic heterocycles. The summed E-state index contributed by atoms with van der Waals surface area (Å²) in [5, 5.41) is 18.7. The van der Waals surface area contributed by atoms with Crippen molar-refractivity contribution in [1.82, 2.24) is 4.90 Å². The fourth-order valence-electron chi connectivity index (χ4n) is 5.41. The van der Waals surface area contributed by atoms with Crippen LogP contribution in [0, 0.1) is 40.3 Å². The van der Waals surface area contributed by atoms with Crippen molar-refractivity contribution in [1.29, 1.82) is 10.5 Å². The summed E-state index contributed by atoms with van der Waals surface area (Å²) in [5.74, 6) is -1.04. The summed E-state index contributed by atoms with van der Waals surface area (Å²) in [6.45, 7) is 5.43. The predicted molar refractivity (Wildman–Crippen MR) is 132 cm³/mol. The van der Waals surface area contributed by atoms with Crippen LogP contribution in [0.4, 0.5) is 9.18 Å². The number of fused-ring (bicyclic) bond motifs is 2. The molecule has 2 aromatic carbocycles. The molecule has 2 bridgehead atoms. The van der Waals surface area contributed by atoms with Crippen molar-refractivity contribution in [3.63, 3.8) is 0 Å². The SMILES string of the molecule is CC(C)(C)OC(=O)N1[C@@H]2CC[C@@H](C2)[C@H]1C(=O)C[C@@H](C#N)Cc1ccc(-c2ccc(C#N)c(F)c2)cc1. The third kappa shape index (κ3) is 5.41. The van der Waals surface area contributed by atoms with Gasteiger partial charge in [-0.1, -0.05) is 30.3 Å². The Bertz CT molecular complexity index is 1240. The average Bonchev–Trinajstić information content (AvgIpc) is 3.45. The van der Waals surface area contributed by atoms with Gasteiger partial charge in [-0.2, -0.15) is 10.5 Å². The number of piperidine rings is 1. The van der Waals surface area contributed by atoms with Gasteiger partial charge >= 0.3 is 6.09 Å². The molecule has 6 nitrogen and oxygen atoms in total. The maximum Gasteiger partial charge on any atom is 0.411 e. The standard InChI is InChI=1S/C29H30FN3O3/c1-29(2,3)36-28(35)33-24-11-10-22(14-24)27(33)26(34)13-19(16-31)12-18-4-6-20(7-5-18)21-8-9-23(17-32)25(30)15-21/h4-9,15,19,22,24,27H,10-14H2,1-3H3/t19-,22-,24+,27-/m0/s1. The highest BCUT2D eigenvalue weighted by atomic mass is 19.1. The van der Waals surface area contributed by atoms with E-state index >= 15 is 0 Å². The van der Waals surface area contributed by atoms with Gasteiger partial charge in [0.25, 0.3) is 0 Å². The number of nitrogens with zero attached hydrogens (tertiary/aromatic N) is 3. The van der Waals surface area contributed by atoms with Gasteiger partial charge in [-0.15, -0.1) is 0 Å². The lowest BCUT2D eigenvalue weighted by atomic mass is 9.88. The molecule has 0 radical (unpaired) electrons. The van der Waals surface area contributed by atoms with E-state index in [4.69, 9.17) is 10.00 Å². The smallest absolute Gasteiger partial charge is 0.411 e. The van der Waals surface area contributed by atoms with Gasteiger partial charge in [0.1, 0.15) is 17.5 Å². The van der Waals surface area contributed by atoms with Crippen molar-refractivity contribution < 1.29 is 18.7 Å². The fourth-order valence-corrected chi connectivity index (χ4v) is 5.41. The number of carbonyl (C=O) groups excluding carboxylic acids is 2. The maximum absolute atomic E-state index is 14.0. The Hall–Kier alpha value is -3.71. The van der Waals surface area contributed by atoms with Crippen LogP contribution in [0.25, 0.3) is 11.1 Å². The lowest BCUT2D eigenvalue weighted by molar-refractivity contribution is -0.126. The Morgan fingerprint density at radius 3 is 2.42 bits per heavy atom. The summed E-state index contributed by atoms with van der Waals surface area (Å²) in [7, 11) is 0. The van der Waals surface area contributed by atoms with Crippen LogP contribution in [0.1, 0.15) is 57.6 Å². The number of ether oxygens (including phenoxy) is 1. The molecular formula is C29H30FN3O3. The molecule has 4 rings (SSSR count). The molecule has 0 aromatic heterocycles. The summed E-state index contributed by atoms with van der Waals surface area (Å²) in [4.78, 5) is 27.8. The second kappa shape index (κ2) is 10.1. The van der Waals surface area contributed by atoms with Gasteiger partial charge in [0, 0.05) is 12.5 Å². The second-order valence-electron chi connectivity index (χ2n) is 10.8. The molecule has 36 heavy (non-hydrogen) atoms. The molecule has 1 aliphatic carbocycles. The van der Waals surface area contributed by atoms with E-state index < -0.39 is 29.5 Å². The Kier molecular flexibility index (Phi) is 7.13. The van der Waals surface area contributed by atoms with Crippen LogP contribution in [0.5, 0.6) is 0 Å². The molecular weight excluding hydrogens is 457 g/mol. The first-order chi connectivity index (χ1) is 17.1. The molecule has 1 saturated heterocycles. The summed E-state index contributed by atoms with van der Waals surface area (Å²) in [5.41, 5.74) is 1.70. The topological polar surface area (TPSA) is 94.2 Å². The van der Waals surface area contributed by atoms with Gasteiger partial charge in [0.2, 0.25) is 0 Å². The molecule has 0 spiro atoms. The molecule has 1 heterocycles. The first-order valence-electron chi connectivity index (χ1n) is 12.3. The van der Waals surface area contributed by atoms with E-state index in [-0.39, 0.29) is 29.7 Å². The van der Waals surface area contributed by atoms with Crippen molar-refractivity contribution in [2.75, 3.05) is 0 Å². The minimum absolute atomic E-state index is 0.00221. The van der Waals surface area contributed by atoms with E-state index in [0.29, 0.717) is 12.0 Å². The molecule has 2 aromatic rings. The van der Waals surface area contributed by atoms with Crippen LogP contribution in [0.2, 0.25) is 0 Å². The summed E-state index contributed by atoms with van der Waals surface area (Å²) in [6.07, 6.45) is 2.63. The number of carbonyl (C=O) groups is 2. The number of amides is 1. The van der Waals surface area contributed by atoms with E-state index in [1.165, 1.54) is 12.1 Å². The van der Waals surface area contributed by atoms with Gasteiger partial charge in [-0.05, 0) is 81.2 Å². The zero-order valence-corrected chi connectivity index (χ0v) is 20.8. The Labute approximate surface area is 211 Å². The molecule has 1 amide bonds. The van der Waals surface area contributed by atoms with Crippen LogP contribution in [-0.2, 0) is 16.0 Å². The van der Waals surface area contributed by atoms with Gasteiger partial charge in [0.15, 0.2) is 5.78 Å². The molecule has 0 N–H and O–H groups in total. The molecule has 186 valence electrons. The number of halogens is 1. The van der Waals surface area contributed by atoms with Crippen molar-refractivity contribution in [2.24, 2.45) is 11.8 Å². The number of rotatable bonds is 6. The second-order valence-corrected chi connectivity index (χ2v) is 10.8. The molecule has 2 fully saturated rings. The molecule has 4 atom stereocenters. The average molecular weight is 488 g/mol. The minimum Gasteiger partial charge on any atom is -0.444 e. The third-order valence-corrected chi connectivity index (χ3v) is 7.01. The van der Waals surface area contributed by atoms with Crippen LogP contribution >= 0.6 is 0 Å². The zero-order valence-electron chi connectivity index (χ0n) is 20.8. The highest BCUT2D eigenvalue weighted by Crippen LogP contribution is 2.44. The predicted octanol–water partition coefficient (Wildman–Crippen LogP) is 5.79. The Morgan fingerprint density at radius 1 is 1.11 bits per heavy atom. The van der Waals surface area contributed by atoms with Gasteiger partial charge in [0.05, 0.1) is 23.6 Å². The number of hydrogen-bond acceptors (Lipinski definition) is 5. The molecule has 7 heteroatoms. The Balaban J connectivity index is 1.42. The number of hydrogen-bond donors (Lipinski definition) is 0. The largest absolute Gasteiger partial charge is 0.444 e. The normalized spacial score (nSPS) is 21.5. The van der Waals surface area contributed by atoms with E-state index in [2.05, 4.69) is 6.07 Å². The summed E-state index contributed by atoms with van der Waals surface area (Å²) in [6, 6.07) is 15.5. The summed E-state index contributed by atoms with van der Waals surface area (Å²) < 4.78 is 19.6. The van der Waals surface area contributed by atoms with E-state index in [9.17, 15) is 19.2 Å².